The molecule has 1 aliphatic heterocycles. The number of hydrogen-bond donors (Lipinski definition) is 0. The molecule has 1 atom stereocenters. The molecule has 1 saturated heterocycles. The van der Waals surface area contributed by atoms with Gasteiger partial charge in [-0.1, -0.05) is 64.7 Å². The zero-order valence-electron chi connectivity index (χ0n) is 16.7. The predicted molar refractivity (Wildman–Crippen MR) is 102 cm³/mol. The van der Waals surface area contributed by atoms with Gasteiger partial charge in [-0.3, -0.25) is 0 Å². The van der Waals surface area contributed by atoms with E-state index >= 15 is 0 Å². The highest BCUT2D eigenvalue weighted by atomic mass is 16.6. The molecule has 3 heteroatoms. The van der Waals surface area contributed by atoms with Gasteiger partial charge >= 0.3 is 6.09 Å². The van der Waals surface area contributed by atoms with E-state index in [9.17, 15) is 4.79 Å². The van der Waals surface area contributed by atoms with E-state index in [2.05, 4.69) is 6.92 Å². The van der Waals surface area contributed by atoms with Gasteiger partial charge in [0.1, 0.15) is 5.60 Å². The van der Waals surface area contributed by atoms with Gasteiger partial charge < -0.3 is 9.64 Å². The SMILES string of the molecule is CCCCCCCCCCCC1CCCCN1C(=O)OC(C)(C)C. The summed E-state index contributed by atoms with van der Waals surface area (Å²) in [6, 6.07) is 0.401. The lowest BCUT2D eigenvalue weighted by Crippen LogP contribution is -2.46. The molecule has 0 N–H and O–H groups in total. The fraction of sp³-hybridized carbons (Fsp3) is 0.952. The Labute approximate surface area is 150 Å². The van der Waals surface area contributed by atoms with Gasteiger partial charge in [0.15, 0.2) is 0 Å². The molecule has 0 aromatic carbocycles. The third-order valence-electron chi connectivity index (χ3n) is 4.90. The van der Waals surface area contributed by atoms with E-state index in [-0.39, 0.29) is 6.09 Å². The van der Waals surface area contributed by atoms with Crippen molar-refractivity contribution in [2.45, 2.75) is 123 Å². The zero-order chi connectivity index (χ0) is 17.8. The first-order valence-electron chi connectivity index (χ1n) is 10.4. The van der Waals surface area contributed by atoms with E-state index in [1.807, 2.05) is 25.7 Å². The van der Waals surface area contributed by atoms with Gasteiger partial charge in [-0.15, -0.1) is 0 Å². The summed E-state index contributed by atoms with van der Waals surface area (Å²) in [5, 5.41) is 0. The Hall–Kier alpha value is -0.730. The molecule has 24 heavy (non-hydrogen) atoms. The van der Waals surface area contributed by atoms with Crippen LogP contribution < -0.4 is 0 Å². The fourth-order valence-electron chi connectivity index (χ4n) is 3.55. The van der Waals surface area contributed by atoms with Crippen LogP contribution in [-0.4, -0.2) is 29.2 Å². The number of ether oxygens (including phenoxy) is 1. The lowest BCUT2D eigenvalue weighted by Gasteiger charge is -2.37. The van der Waals surface area contributed by atoms with Gasteiger partial charge in [0, 0.05) is 12.6 Å². The number of amides is 1. The second kappa shape index (κ2) is 11.8. The van der Waals surface area contributed by atoms with Crippen molar-refractivity contribution in [1.29, 1.82) is 0 Å². The van der Waals surface area contributed by atoms with Crippen molar-refractivity contribution in [1.82, 2.24) is 4.90 Å². The maximum absolute atomic E-state index is 12.4. The normalized spacial score (nSPS) is 18.7. The van der Waals surface area contributed by atoms with Gasteiger partial charge in [-0.25, -0.2) is 4.79 Å². The molecule has 1 amide bonds. The molecule has 1 fully saturated rings. The Morgan fingerprint density at radius 3 is 2.12 bits per heavy atom. The summed E-state index contributed by atoms with van der Waals surface area (Å²) in [5.74, 6) is 0. The molecule has 1 heterocycles. The molecule has 1 rings (SSSR count). The van der Waals surface area contributed by atoms with Gasteiger partial charge in [0.25, 0.3) is 0 Å². The van der Waals surface area contributed by atoms with Crippen LogP contribution in [0.5, 0.6) is 0 Å². The minimum absolute atomic E-state index is 0.108. The number of nitrogens with zero attached hydrogens (tertiary/aromatic N) is 1. The monoisotopic (exact) mass is 339 g/mol. The average Bonchev–Trinajstić information content (AvgIpc) is 2.52. The van der Waals surface area contributed by atoms with E-state index in [0.717, 1.165) is 25.8 Å². The minimum Gasteiger partial charge on any atom is -0.444 e. The second-order valence-corrected chi connectivity index (χ2v) is 8.44. The Bertz CT molecular complexity index is 335. The lowest BCUT2D eigenvalue weighted by molar-refractivity contribution is 0.00858. The van der Waals surface area contributed by atoms with Crippen molar-refractivity contribution in [3.05, 3.63) is 0 Å². The van der Waals surface area contributed by atoms with Crippen LogP contribution in [0.3, 0.4) is 0 Å². The summed E-state index contributed by atoms with van der Waals surface area (Å²) in [7, 11) is 0. The third-order valence-corrected chi connectivity index (χ3v) is 4.90. The highest BCUT2D eigenvalue weighted by Gasteiger charge is 2.29. The average molecular weight is 340 g/mol. The molecular weight excluding hydrogens is 298 g/mol. The molecule has 0 radical (unpaired) electrons. The predicted octanol–water partition coefficient (Wildman–Crippen LogP) is 6.70. The summed E-state index contributed by atoms with van der Waals surface area (Å²) in [6.07, 6.45) is 16.8. The molecule has 0 aromatic heterocycles. The first kappa shape index (κ1) is 21.3. The summed E-state index contributed by atoms with van der Waals surface area (Å²) < 4.78 is 5.59. The third kappa shape index (κ3) is 9.54. The van der Waals surface area contributed by atoms with Crippen molar-refractivity contribution in [3.63, 3.8) is 0 Å². The largest absolute Gasteiger partial charge is 0.444 e. The van der Waals surface area contributed by atoms with Gasteiger partial charge in [-0.2, -0.15) is 0 Å². The van der Waals surface area contributed by atoms with Gasteiger partial charge in [0.2, 0.25) is 0 Å². The van der Waals surface area contributed by atoms with Crippen LogP contribution in [0.15, 0.2) is 0 Å². The maximum atomic E-state index is 12.4. The summed E-state index contributed by atoms with van der Waals surface area (Å²) >= 11 is 0. The Morgan fingerprint density at radius 1 is 0.958 bits per heavy atom. The number of rotatable bonds is 10. The number of hydrogen-bond acceptors (Lipinski definition) is 2. The summed E-state index contributed by atoms with van der Waals surface area (Å²) in [6.45, 7) is 8.99. The quantitative estimate of drug-likeness (QED) is 0.415. The Morgan fingerprint density at radius 2 is 1.54 bits per heavy atom. The number of likely N-dealkylation sites (tertiary alicyclic amines) is 1. The molecule has 3 nitrogen and oxygen atoms in total. The first-order valence-corrected chi connectivity index (χ1v) is 10.4. The Balaban J connectivity index is 2.18. The van der Waals surface area contributed by atoms with Gasteiger partial charge in [0.05, 0.1) is 0 Å². The molecule has 0 bridgehead atoms. The molecule has 0 saturated carbocycles. The fourth-order valence-corrected chi connectivity index (χ4v) is 3.55. The van der Waals surface area contributed by atoms with Crippen LogP contribution in [-0.2, 0) is 4.74 Å². The van der Waals surface area contributed by atoms with Crippen LogP contribution in [0.4, 0.5) is 4.79 Å². The zero-order valence-corrected chi connectivity index (χ0v) is 16.7. The molecular formula is C21H41NO2. The van der Waals surface area contributed by atoms with Crippen LogP contribution in [0, 0.1) is 0 Å². The van der Waals surface area contributed by atoms with E-state index < -0.39 is 5.60 Å². The first-order chi connectivity index (χ1) is 11.4. The lowest BCUT2D eigenvalue weighted by atomic mass is 9.96. The summed E-state index contributed by atoms with van der Waals surface area (Å²) in [4.78, 5) is 14.4. The molecule has 0 aromatic rings. The van der Waals surface area contributed by atoms with E-state index in [1.165, 1.54) is 64.2 Å². The molecule has 1 unspecified atom stereocenters. The van der Waals surface area contributed by atoms with E-state index in [4.69, 9.17) is 4.74 Å². The van der Waals surface area contributed by atoms with Crippen molar-refractivity contribution in [2.24, 2.45) is 0 Å². The molecule has 0 aliphatic carbocycles. The molecule has 142 valence electrons. The van der Waals surface area contributed by atoms with Crippen molar-refractivity contribution >= 4 is 6.09 Å². The molecule has 1 aliphatic rings. The highest BCUT2D eigenvalue weighted by Crippen LogP contribution is 2.24. The topological polar surface area (TPSA) is 29.5 Å². The van der Waals surface area contributed by atoms with Crippen LogP contribution in [0.1, 0.15) is 111 Å². The number of carbonyl (C=O) groups excluding carboxylic acids is 1. The van der Waals surface area contributed by atoms with Crippen LogP contribution in [0.2, 0.25) is 0 Å². The number of unbranched alkanes of at least 4 members (excludes halogenated alkanes) is 8. The summed E-state index contributed by atoms with van der Waals surface area (Å²) in [5.41, 5.74) is -0.392. The number of piperidine rings is 1. The van der Waals surface area contributed by atoms with Crippen molar-refractivity contribution < 1.29 is 9.53 Å². The van der Waals surface area contributed by atoms with E-state index in [0.29, 0.717) is 6.04 Å². The standard InChI is InChI=1S/C21H41NO2/c1-5-6-7-8-9-10-11-12-13-16-19-17-14-15-18-22(19)20(23)24-21(2,3)4/h19H,5-18H2,1-4H3. The van der Waals surface area contributed by atoms with Crippen LogP contribution >= 0.6 is 0 Å². The Kier molecular flexibility index (Phi) is 10.4. The van der Waals surface area contributed by atoms with Crippen molar-refractivity contribution in [3.8, 4) is 0 Å². The maximum Gasteiger partial charge on any atom is 0.410 e. The molecule has 0 spiro atoms. The van der Waals surface area contributed by atoms with E-state index in [1.54, 1.807) is 0 Å². The van der Waals surface area contributed by atoms with Crippen molar-refractivity contribution in [2.75, 3.05) is 6.54 Å². The highest BCUT2D eigenvalue weighted by molar-refractivity contribution is 5.68. The smallest absolute Gasteiger partial charge is 0.410 e. The van der Waals surface area contributed by atoms with Crippen LogP contribution in [0.25, 0.3) is 0 Å². The second-order valence-electron chi connectivity index (χ2n) is 8.44. The number of carbonyl (C=O) groups is 1. The minimum atomic E-state index is -0.392. The van der Waals surface area contributed by atoms with Gasteiger partial charge in [-0.05, 0) is 46.5 Å².